The Morgan fingerprint density at radius 1 is 1.53 bits per heavy atom. The van der Waals surface area contributed by atoms with Crippen LogP contribution in [-0.4, -0.2) is 40.2 Å². The Morgan fingerprint density at radius 2 is 2.35 bits per heavy atom. The molecule has 0 radical (unpaired) electrons. The SMILES string of the molecule is CC(C)c1nc(C(=O)N[C@@H]2CCCNC2)n[nH]1. The van der Waals surface area contributed by atoms with Crippen LogP contribution in [0.2, 0.25) is 0 Å². The van der Waals surface area contributed by atoms with Crippen molar-refractivity contribution in [3.05, 3.63) is 11.6 Å². The summed E-state index contributed by atoms with van der Waals surface area (Å²) >= 11 is 0. The van der Waals surface area contributed by atoms with Crippen LogP contribution < -0.4 is 10.6 Å². The van der Waals surface area contributed by atoms with E-state index in [1.165, 1.54) is 0 Å². The van der Waals surface area contributed by atoms with Crippen LogP contribution in [0.5, 0.6) is 0 Å². The number of amides is 1. The molecule has 1 aliphatic rings. The Kier molecular flexibility index (Phi) is 3.73. The Morgan fingerprint density at radius 3 is 2.94 bits per heavy atom. The van der Waals surface area contributed by atoms with Crippen LogP contribution in [-0.2, 0) is 0 Å². The average Bonchev–Trinajstić information content (AvgIpc) is 2.79. The Labute approximate surface area is 101 Å². The summed E-state index contributed by atoms with van der Waals surface area (Å²) in [7, 11) is 0. The molecule has 6 nitrogen and oxygen atoms in total. The molecule has 1 amide bonds. The van der Waals surface area contributed by atoms with E-state index in [1.807, 2.05) is 13.8 Å². The molecule has 1 aromatic rings. The second kappa shape index (κ2) is 5.27. The van der Waals surface area contributed by atoms with Crippen molar-refractivity contribution in [2.45, 2.75) is 38.6 Å². The predicted octanol–water partition coefficient (Wildman–Crippen LogP) is 0.410. The average molecular weight is 237 g/mol. The van der Waals surface area contributed by atoms with Crippen molar-refractivity contribution in [1.82, 2.24) is 25.8 Å². The van der Waals surface area contributed by atoms with Gasteiger partial charge in [-0.25, -0.2) is 4.98 Å². The molecule has 0 aliphatic carbocycles. The number of nitrogens with one attached hydrogen (secondary N) is 3. The van der Waals surface area contributed by atoms with Gasteiger partial charge in [0.25, 0.3) is 5.91 Å². The number of hydrogen-bond donors (Lipinski definition) is 3. The summed E-state index contributed by atoms with van der Waals surface area (Å²) in [6, 6.07) is 0.192. The van der Waals surface area contributed by atoms with Gasteiger partial charge in [-0.2, -0.15) is 0 Å². The molecule has 6 heteroatoms. The van der Waals surface area contributed by atoms with Crippen molar-refractivity contribution in [1.29, 1.82) is 0 Å². The summed E-state index contributed by atoms with van der Waals surface area (Å²) in [6.07, 6.45) is 2.11. The lowest BCUT2D eigenvalue weighted by Crippen LogP contribution is -2.45. The zero-order valence-electron chi connectivity index (χ0n) is 10.3. The normalized spacial score (nSPS) is 20.5. The topological polar surface area (TPSA) is 82.7 Å². The second-order valence-electron chi connectivity index (χ2n) is 4.72. The van der Waals surface area contributed by atoms with E-state index in [9.17, 15) is 4.79 Å². The van der Waals surface area contributed by atoms with Crippen molar-refractivity contribution in [2.75, 3.05) is 13.1 Å². The molecule has 94 valence electrons. The molecule has 1 aromatic heterocycles. The van der Waals surface area contributed by atoms with E-state index in [-0.39, 0.29) is 23.7 Å². The number of H-pyrrole nitrogens is 1. The highest BCUT2D eigenvalue weighted by Crippen LogP contribution is 2.08. The zero-order chi connectivity index (χ0) is 12.3. The van der Waals surface area contributed by atoms with Crippen LogP contribution in [0.15, 0.2) is 0 Å². The maximum absolute atomic E-state index is 11.9. The highest BCUT2D eigenvalue weighted by molar-refractivity contribution is 5.90. The summed E-state index contributed by atoms with van der Waals surface area (Å²) < 4.78 is 0. The minimum atomic E-state index is -0.193. The quantitative estimate of drug-likeness (QED) is 0.711. The maximum atomic E-state index is 11.9. The zero-order valence-corrected chi connectivity index (χ0v) is 10.3. The first-order valence-electron chi connectivity index (χ1n) is 6.10. The lowest BCUT2D eigenvalue weighted by Gasteiger charge is -2.23. The molecule has 1 fully saturated rings. The van der Waals surface area contributed by atoms with E-state index in [4.69, 9.17) is 0 Å². The maximum Gasteiger partial charge on any atom is 0.291 e. The number of hydrogen-bond acceptors (Lipinski definition) is 4. The summed E-state index contributed by atoms with van der Waals surface area (Å²) in [6.45, 7) is 5.87. The van der Waals surface area contributed by atoms with Crippen LogP contribution in [0.3, 0.4) is 0 Å². The summed E-state index contributed by atoms with van der Waals surface area (Å²) in [4.78, 5) is 16.0. The molecule has 1 aliphatic heterocycles. The molecule has 0 bridgehead atoms. The van der Waals surface area contributed by atoms with E-state index >= 15 is 0 Å². The summed E-state index contributed by atoms with van der Waals surface area (Å²) in [5.74, 6) is 1.04. The van der Waals surface area contributed by atoms with Crippen LogP contribution in [0.4, 0.5) is 0 Å². The fraction of sp³-hybridized carbons (Fsp3) is 0.727. The van der Waals surface area contributed by atoms with Gasteiger partial charge in [-0.3, -0.25) is 9.89 Å². The molecule has 2 heterocycles. The highest BCUT2D eigenvalue weighted by Gasteiger charge is 2.19. The van der Waals surface area contributed by atoms with Gasteiger partial charge in [0.1, 0.15) is 5.82 Å². The number of carbonyl (C=O) groups excluding carboxylic acids is 1. The van der Waals surface area contributed by atoms with Gasteiger partial charge in [0, 0.05) is 18.5 Å². The van der Waals surface area contributed by atoms with Crippen molar-refractivity contribution in [3.8, 4) is 0 Å². The van der Waals surface area contributed by atoms with Gasteiger partial charge < -0.3 is 10.6 Å². The lowest BCUT2D eigenvalue weighted by molar-refractivity contribution is 0.0920. The molecule has 0 spiro atoms. The molecule has 0 unspecified atom stereocenters. The molecule has 3 N–H and O–H groups in total. The third-order valence-electron chi connectivity index (χ3n) is 2.88. The fourth-order valence-corrected chi connectivity index (χ4v) is 1.86. The van der Waals surface area contributed by atoms with Crippen LogP contribution >= 0.6 is 0 Å². The first kappa shape index (κ1) is 12.0. The minimum absolute atomic E-state index is 0.192. The van der Waals surface area contributed by atoms with Gasteiger partial charge >= 0.3 is 0 Å². The number of carbonyl (C=O) groups is 1. The van der Waals surface area contributed by atoms with Gasteiger partial charge in [-0.05, 0) is 19.4 Å². The molecule has 0 aromatic carbocycles. The lowest BCUT2D eigenvalue weighted by atomic mass is 10.1. The van der Waals surface area contributed by atoms with E-state index in [0.29, 0.717) is 0 Å². The largest absolute Gasteiger partial charge is 0.345 e. The number of rotatable bonds is 3. The van der Waals surface area contributed by atoms with Crippen LogP contribution in [0.1, 0.15) is 49.1 Å². The number of aromatic amines is 1. The molecule has 0 saturated carbocycles. The van der Waals surface area contributed by atoms with E-state index < -0.39 is 0 Å². The molecule has 2 rings (SSSR count). The Balaban J connectivity index is 1.94. The van der Waals surface area contributed by atoms with Crippen molar-refractivity contribution in [2.24, 2.45) is 0 Å². The van der Waals surface area contributed by atoms with Crippen molar-refractivity contribution < 1.29 is 4.79 Å². The van der Waals surface area contributed by atoms with Crippen LogP contribution in [0.25, 0.3) is 0 Å². The van der Waals surface area contributed by atoms with E-state index in [0.717, 1.165) is 31.8 Å². The Bertz CT molecular complexity index is 381. The van der Waals surface area contributed by atoms with Crippen LogP contribution in [0, 0.1) is 0 Å². The molecular weight excluding hydrogens is 218 g/mol. The first-order chi connectivity index (χ1) is 8.16. The monoisotopic (exact) mass is 237 g/mol. The van der Waals surface area contributed by atoms with Gasteiger partial charge in [0.2, 0.25) is 5.82 Å². The third kappa shape index (κ3) is 3.03. The molecule has 1 saturated heterocycles. The number of nitrogens with zero attached hydrogens (tertiary/aromatic N) is 2. The molecule has 1 atom stereocenters. The van der Waals surface area contributed by atoms with E-state index in [1.54, 1.807) is 0 Å². The van der Waals surface area contributed by atoms with E-state index in [2.05, 4.69) is 25.8 Å². The highest BCUT2D eigenvalue weighted by atomic mass is 16.2. The van der Waals surface area contributed by atoms with Gasteiger partial charge in [-0.1, -0.05) is 13.8 Å². The van der Waals surface area contributed by atoms with Crippen molar-refractivity contribution in [3.63, 3.8) is 0 Å². The Hall–Kier alpha value is -1.43. The molecule has 17 heavy (non-hydrogen) atoms. The number of aromatic nitrogens is 3. The summed E-state index contributed by atoms with van der Waals surface area (Å²) in [5, 5.41) is 12.9. The first-order valence-corrected chi connectivity index (χ1v) is 6.10. The molecular formula is C11H19N5O. The predicted molar refractivity (Wildman–Crippen MR) is 63.8 cm³/mol. The second-order valence-corrected chi connectivity index (χ2v) is 4.72. The third-order valence-corrected chi connectivity index (χ3v) is 2.88. The number of piperidine rings is 1. The van der Waals surface area contributed by atoms with Gasteiger partial charge in [0.15, 0.2) is 0 Å². The minimum Gasteiger partial charge on any atom is -0.345 e. The smallest absolute Gasteiger partial charge is 0.291 e. The fourth-order valence-electron chi connectivity index (χ4n) is 1.86. The standard InChI is InChI=1S/C11H19N5O/c1-7(2)9-14-10(16-15-9)11(17)13-8-4-3-5-12-6-8/h7-8,12H,3-6H2,1-2H3,(H,13,17)(H,14,15,16)/t8-/m1/s1. The van der Waals surface area contributed by atoms with Crippen molar-refractivity contribution >= 4 is 5.91 Å². The van der Waals surface area contributed by atoms with Gasteiger partial charge in [-0.15, -0.1) is 5.10 Å². The van der Waals surface area contributed by atoms with Gasteiger partial charge in [0.05, 0.1) is 0 Å². The summed E-state index contributed by atoms with van der Waals surface area (Å²) in [5.41, 5.74) is 0.